The van der Waals surface area contributed by atoms with E-state index in [1.54, 1.807) is 11.9 Å². The summed E-state index contributed by atoms with van der Waals surface area (Å²) in [5.74, 6) is -1.37. The fourth-order valence-corrected chi connectivity index (χ4v) is 2.63. The van der Waals surface area contributed by atoms with Crippen molar-refractivity contribution < 1.29 is 14.7 Å². The molecule has 5 nitrogen and oxygen atoms in total. The van der Waals surface area contributed by atoms with Gasteiger partial charge in [0.15, 0.2) is 0 Å². The highest BCUT2D eigenvalue weighted by Gasteiger charge is 2.31. The minimum atomic E-state index is -1.05. The molecule has 0 saturated carbocycles. The number of fused-ring (bicyclic) bond motifs is 1. The average molecular weight is 262 g/mol. The van der Waals surface area contributed by atoms with Crippen LogP contribution in [0, 0.1) is 0 Å². The molecule has 1 aliphatic carbocycles. The van der Waals surface area contributed by atoms with Crippen molar-refractivity contribution in [2.45, 2.75) is 31.3 Å². The van der Waals surface area contributed by atoms with Gasteiger partial charge in [0.25, 0.3) is 0 Å². The molecule has 0 spiro atoms. The number of likely N-dealkylation sites (N-methyl/N-ethyl adjacent to an activating group) is 1. The number of hydrogen-bond acceptors (Lipinski definition) is 3. The van der Waals surface area contributed by atoms with E-state index < -0.39 is 12.0 Å². The maximum atomic E-state index is 12.1. The quantitative estimate of drug-likeness (QED) is 0.845. The highest BCUT2D eigenvalue weighted by atomic mass is 16.4. The Kier molecular flexibility index (Phi) is 3.85. The summed E-state index contributed by atoms with van der Waals surface area (Å²) in [6.07, 6.45) is 1.46. The lowest BCUT2D eigenvalue weighted by molar-refractivity contribution is -0.142. The van der Waals surface area contributed by atoms with E-state index in [0.29, 0.717) is 0 Å². The molecule has 1 aromatic carbocycles. The number of carbonyl (C=O) groups is 2. The third kappa shape index (κ3) is 2.76. The Balaban J connectivity index is 2.11. The van der Waals surface area contributed by atoms with Crippen LogP contribution in [0.4, 0.5) is 0 Å². The standard InChI is InChI=1S/C14H18N2O3/c1-16(14(19)11(15)8-13(17)18)12-7-6-9-4-2-3-5-10(9)12/h2-5,11-12H,6-8,15H2,1H3,(H,17,18). The third-order valence-electron chi connectivity index (χ3n) is 3.63. The molecule has 0 fully saturated rings. The Morgan fingerprint density at radius 1 is 1.47 bits per heavy atom. The summed E-state index contributed by atoms with van der Waals surface area (Å²) in [6, 6.07) is 7.04. The zero-order valence-electron chi connectivity index (χ0n) is 10.9. The normalized spacial score (nSPS) is 18.7. The molecule has 0 radical (unpaired) electrons. The molecule has 2 rings (SSSR count). The predicted molar refractivity (Wildman–Crippen MR) is 70.5 cm³/mol. The fourth-order valence-electron chi connectivity index (χ4n) is 2.63. The maximum absolute atomic E-state index is 12.1. The molecule has 0 aliphatic heterocycles. The molecule has 0 aromatic heterocycles. The molecule has 3 N–H and O–H groups in total. The molecule has 0 heterocycles. The monoisotopic (exact) mass is 262 g/mol. The van der Waals surface area contributed by atoms with Gasteiger partial charge in [-0.2, -0.15) is 0 Å². The predicted octanol–water partition coefficient (Wildman–Crippen LogP) is 0.934. The molecular weight excluding hydrogens is 244 g/mol. The van der Waals surface area contributed by atoms with Crippen molar-refractivity contribution in [2.24, 2.45) is 5.73 Å². The van der Waals surface area contributed by atoms with Gasteiger partial charge in [0.1, 0.15) is 0 Å². The molecule has 1 aromatic rings. The first-order chi connectivity index (χ1) is 9.00. The van der Waals surface area contributed by atoms with Crippen LogP contribution in [0.5, 0.6) is 0 Å². The molecule has 2 unspecified atom stereocenters. The summed E-state index contributed by atoms with van der Waals surface area (Å²) in [4.78, 5) is 24.3. The largest absolute Gasteiger partial charge is 0.481 e. The number of amides is 1. The Bertz CT molecular complexity index is 501. The van der Waals surface area contributed by atoms with Crippen molar-refractivity contribution in [1.29, 1.82) is 0 Å². The SMILES string of the molecule is CN(C(=O)C(N)CC(=O)O)C1CCc2ccccc21. The lowest BCUT2D eigenvalue weighted by Crippen LogP contribution is -2.44. The van der Waals surface area contributed by atoms with Gasteiger partial charge < -0.3 is 15.7 Å². The van der Waals surface area contributed by atoms with E-state index in [-0.39, 0.29) is 18.4 Å². The van der Waals surface area contributed by atoms with Gasteiger partial charge in [-0.1, -0.05) is 24.3 Å². The van der Waals surface area contributed by atoms with Crippen molar-refractivity contribution in [1.82, 2.24) is 4.90 Å². The number of carbonyl (C=O) groups excluding carboxylic acids is 1. The van der Waals surface area contributed by atoms with Gasteiger partial charge in [0, 0.05) is 7.05 Å². The first-order valence-electron chi connectivity index (χ1n) is 6.32. The van der Waals surface area contributed by atoms with Crippen LogP contribution >= 0.6 is 0 Å². The smallest absolute Gasteiger partial charge is 0.305 e. The molecule has 1 amide bonds. The number of rotatable bonds is 4. The topological polar surface area (TPSA) is 83.6 Å². The van der Waals surface area contributed by atoms with E-state index in [4.69, 9.17) is 10.8 Å². The zero-order chi connectivity index (χ0) is 14.0. The molecule has 1 aliphatic rings. The Morgan fingerprint density at radius 2 is 2.16 bits per heavy atom. The van der Waals surface area contributed by atoms with E-state index in [0.717, 1.165) is 18.4 Å². The van der Waals surface area contributed by atoms with Crippen LogP contribution in [0.15, 0.2) is 24.3 Å². The minimum Gasteiger partial charge on any atom is -0.481 e. The second-order valence-corrected chi connectivity index (χ2v) is 4.91. The Morgan fingerprint density at radius 3 is 2.84 bits per heavy atom. The summed E-state index contributed by atoms with van der Waals surface area (Å²) in [6.45, 7) is 0. The fraction of sp³-hybridized carbons (Fsp3) is 0.429. The molecule has 2 atom stereocenters. The number of aryl methyl sites for hydroxylation is 1. The highest BCUT2D eigenvalue weighted by molar-refractivity contribution is 5.86. The maximum Gasteiger partial charge on any atom is 0.305 e. The Labute approximate surface area is 112 Å². The number of hydrogen-bond donors (Lipinski definition) is 2. The van der Waals surface area contributed by atoms with Gasteiger partial charge >= 0.3 is 5.97 Å². The van der Waals surface area contributed by atoms with Gasteiger partial charge in [-0.3, -0.25) is 9.59 Å². The summed E-state index contributed by atoms with van der Waals surface area (Å²) in [7, 11) is 1.69. The van der Waals surface area contributed by atoms with E-state index in [2.05, 4.69) is 6.07 Å². The van der Waals surface area contributed by atoms with Crippen LogP contribution in [0.2, 0.25) is 0 Å². The van der Waals surface area contributed by atoms with Gasteiger partial charge in [0.2, 0.25) is 5.91 Å². The Hall–Kier alpha value is -1.88. The first-order valence-corrected chi connectivity index (χ1v) is 6.32. The van der Waals surface area contributed by atoms with Crippen molar-refractivity contribution in [3.63, 3.8) is 0 Å². The average Bonchev–Trinajstić information content (AvgIpc) is 2.80. The minimum absolute atomic E-state index is 0.00328. The van der Waals surface area contributed by atoms with Crippen molar-refractivity contribution >= 4 is 11.9 Å². The second-order valence-electron chi connectivity index (χ2n) is 4.91. The number of aliphatic carboxylic acids is 1. The summed E-state index contributed by atoms with van der Waals surface area (Å²) >= 11 is 0. The van der Waals surface area contributed by atoms with E-state index >= 15 is 0 Å². The summed E-state index contributed by atoms with van der Waals surface area (Å²) in [5, 5.41) is 8.69. The molecule has 19 heavy (non-hydrogen) atoms. The summed E-state index contributed by atoms with van der Waals surface area (Å²) < 4.78 is 0. The summed E-state index contributed by atoms with van der Waals surface area (Å²) in [5.41, 5.74) is 8.02. The van der Waals surface area contributed by atoms with Crippen LogP contribution in [-0.2, 0) is 16.0 Å². The molecular formula is C14H18N2O3. The number of nitrogens with zero attached hydrogens (tertiary/aromatic N) is 1. The van der Waals surface area contributed by atoms with E-state index in [1.807, 2.05) is 18.2 Å². The third-order valence-corrected chi connectivity index (χ3v) is 3.63. The molecule has 102 valence electrons. The number of benzene rings is 1. The highest BCUT2D eigenvalue weighted by Crippen LogP contribution is 2.34. The van der Waals surface area contributed by atoms with Crippen LogP contribution in [-0.4, -0.2) is 35.0 Å². The van der Waals surface area contributed by atoms with Gasteiger partial charge in [0.05, 0.1) is 18.5 Å². The second kappa shape index (κ2) is 5.40. The van der Waals surface area contributed by atoms with E-state index in [1.165, 1.54) is 5.56 Å². The van der Waals surface area contributed by atoms with Crippen molar-refractivity contribution in [3.05, 3.63) is 35.4 Å². The van der Waals surface area contributed by atoms with E-state index in [9.17, 15) is 9.59 Å². The number of carboxylic acid groups (broad SMARTS) is 1. The van der Waals surface area contributed by atoms with Crippen molar-refractivity contribution in [2.75, 3.05) is 7.05 Å². The van der Waals surface area contributed by atoms with Crippen LogP contribution < -0.4 is 5.73 Å². The lowest BCUT2D eigenvalue weighted by Gasteiger charge is -2.27. The van der Waals surface area contributed by atoms with Crippen LogP contribution in [0.1, 0.15) is 30.0 Å². The number of nitrogens with two attached hydrogens (primary N) is 1. The first kappa shape index (κ1) is 13.5. The van der Waals surface area contributed by atoms with Gasteiger partial charge in [-0.15, -0.1) is 0 Å². The molecule has 5 heteroatoms. The van der Waals surface area contributed by atoms with Gasteiger partial charge in [-0.05, 0) is 24.0 Å². The molecule has 0 bridgehead atoms. The van der Waals surface area contributed by atoms with Crippen LogP contribution in [0.3, 0.4) is 0 Å². The zero-order valence-corrected chi connectivity index (χ0v) is 10.9. The molecule has 0 saturated heterocycles. The lowest BCUT2D eigenvalue weighted by atomic mass is 10.1. The number of carboxylic acids is 1. The van der Waals surface area contributed by atoms with Gasteiger partial charge in [-0.25, -0.2) is 0 Å². The van der Waals surface area contributed by atoms with Crippen molar-refractivity contribution in [3.8, 4) is 0 Å². The van der Waals surface area contributed by atoms with Crippen LogP contribution in [0.25, 0.3) is 0 Å².